The van der Waals surface area contributed by atoms with Crippen LogP contribution in [0.5, 0.6) is 0 Å². The van der Waals surface area contributed by atoms with Crippen LogP contribution in [0.3, 0.4) is 0 Å². The second-order valence-corrected chi connectivity index (χ2v) is 9.89. The molecule has 0 spiro atoms. The Morgan fingerprint density at radius 2 is 1.93 bits per heavy atom. The number of benzene rings is 1. The molecule has 0 atom stereocenters. The van der Waals surface area contributed by atoms with E-state index >= 15 is 0 Å². The molecular weight excluding hydrogens is 402 g/mol. The van der Waals surface area contributed by atoms with Gasteiger partial charge in [0.05, 0.1) is 5.75 Å². The van der Waals surface area contributed by atoms with Gasteiger partial charge in [-0.25, -0.2) is 12.7 Å². The first-order valence-electron chi connectivity index (χ1n) is 10.6. The Hall–Kier alpha value is -2.13. The van der Waals surface area contributed by atoms with Gasteiger partial charge in [-0.3, -0.25) is 9.79 Å². The van der Waals surface area contributed by atoms with Gasteiger partial charge in [0.1, 0.15) is 0 Å². The number of carbonyl (C=O) groups excluding carboxylic acids is 1. The average Bonchev–Trinajstić information content (AvgIpc) is 2.74. The quantitative estimate of drug-likeness (QED) is 0.472. The van der Waals surface area contributed by atoms with E-state index in [1.807, 2.05) is 31.2 Å². The van der Waals surface area contributed by atoms with Gasteiger partial charge in [0.2, 0.25) is 10.0 Å². The molecule has 0 bridgehead atoms. The number of guanidine groups is 1. The molecule has 1 aromatic rings. The summed E-state index contributed by atoms with van der Waals surface area (Å²) >= 11 is 0. The summed E-state index contributed by atoms with van der Waals surface area (Å²) in [4.78, 5) is 18.4. The van der Waals surface area contributed by atoms with Crippen LogP contribution in [0.25, 0.3) is 0 Å². The predicted molar refractivity (Wildman–Crippen MR) is 121 cm³/mol. The zero-order valence-electron chi connectivity index (χ0n) is 18.5. The molecule has 30 heavy (non-hydrogen) atoms. The highest BCUT2D eigenvalue weighted by Gasteiger charge is 2.26. The van der Waals surface area contributed by atoms with Crippen LogP contribution in [-0.2, 0) is 16.4 Å². The number of carbonyl (C=O) groups is 1. The van der Waals surface area contributed by atoms with E-state index in [0.717, 1.165) is 37.3 Å². The molecule has 0 radical (unpaired) electrons. The predicted octanol–water partition coefficient (Wildman–Crippen LogP) is 1.30. The van der Waals surface area contributed by atoms with Crippen LogP contribution in [0.2, 0.25) is 0 Å². The first-order valence-corrected chi connectivity index (χ1v) is 12.2. The number of rotatable bonds is 8. The minimum absolute atomic E-state index is 0.00761. The molecule has 1 heterocycles. The number of hydrogen-bond acceptors (Lipinski definition) is 4. The van der Waals surface area contributed by atoms with E-state index < -0.39 is 10.0 Å². The van der Waals surface area contributed by atoms with Gasteiger partial charge in [-0.1, -0.05) is 12.1 Å². The van der Waals surface area contributed by atoms with Crippen molar-refractivity contribution in [1.82, 2.24) is 19.8 Å². The van der Waals surface area contributed by atoms with E-state index in [9.17, 15) is 13.2 Å². The van der Waals surface area contributed by atoms with Gasteiger partial charge in [-0.05, 0) is 50.8 Å². The summed E-state index contributed by atoms with van der Waals surface area (Å²) in [5.41, 5.74) is 1.75. The fraction of sp³-hybridized carbons (Fsp3) is 0.619. The van der Waals surface area contributed by atoms with Crippen LogP contribution in [0.1, 0.15) is 42.6 Å². The van der Waals surface area contributed by atoms with E-state index in [1.165, 1.54) is 0 Å². The number of nitrogens with one attached hydrogen (secondary N) is 2. The van der Waals surface area contributed by atoms with Crippen molar-refractivity contribution < 1.29 is 13.2 Å². The van der Waals surface area contributed by atoms with Crippen molar-refractivity contribution in [1.29, 1.82) is 0 Å². The monoisotopic (exact) mass is 437 g/mol. The van der Waals surface area contributed by atoms with Gasteiger partial charge in [0.25, 0.3) is 5.91 Å². The van der Waals surface area contributed by atoms with E-state index in [-0.39, 0.29) is 17.7 Å². The highest BCUT2D eigenvalue weighted by atomic mass is 32.2. The largest absolute Gasteiger partial charge is 0.357 e. The highest BCUT2D eigenvalue weighted by Crippen LogP contribution is 2.14. The van der Waals surface area contributed by atoms with Gasteiger partial charge in [-0.2, -0.15) is 0 Å². The number of amides is 1. The van der Waals surface area contributed by atoms with Crippen molar-refractivity contribution in [2.45, 2.75) is 39.2 Å². The number of nitrogens with zero attached hydrogens (tertiary/aromatic N) is 3. The standard InChI is InChI=1S/C21H35N5O3S/c1-5-22-21(24-19-11-14-26(15-12-19)30(28,29)6-2)23-13-10-17-8-7-9-18(16-17)20(27)25(3)4/h7-9,16,19H,5-6,10-15H2,1-4H3,(H2,22,23,24). The maximum atomic E-state index is 12.1. The zero-order chi connectivity index (χ0) is 22.1. The summed E-state index contributed by atoms with van der Waals surface area (Å²) in [6.45, 7) is 6.13. The van der Waals surface area contributed by atoms with E-state index in [4.69, 9.17) is 0 Å². The highest BCUT2D eigenvalue weighted by molar-refractivity contribution is 7.89. The van der Waals surface area contributed by atoms with Crippen molar-refractivity contribution in [3.05, 3.63) is 35.4 Å². The molecule has 1 aliphatic rings. The Kier molecular flexibility index (Phi) is 9.10. The molecule has 9 heteroatoms. The maximum absolute atomic E-state index is 12.1. The lowest BCUT2D eigenvalue weighted by molar-refractivity contribution is 0.0827. The summed E-state index contributed by atoms with van der Waals surface area (Å²) < 4.78 is 25.6. The molecule has 1 amide bonds. The zero-order valence-corrected chi connectivity index (χ0v) is 19.3. The first kappa shape index (κ1) is 24.1. The Morgan fingerprint density at radius 3 is 2.53 bits per heavy atom. The van der Waals surface area contributed by atoms with Crippen molar-refractivity contribution in [3.63, 3.8) is 0 Å². The van der Waals surface area contributed by atoms with Crippen LogP contribution >= 0.6 is 0 Å². The molecule has 1 aliphatic heterocycles. The summed E-state index contributed by atoms with van der Waals surface area (Å²) in [6, 6.07) is 7.85. The Labute approximate surface area is 180 Å². The van der Waals surface area contributed by atoms with Gasteiger partial charge in [0.15, 0.2) is 5.96 Å². The molecule has 0 saturated carbocycles. The molecule has 1 aromatic carbocycles. The van der Waals surface area contributed by atoms with Gasteiger partial charge >= 0.3 is 0 Å². The number of hydrogen-bond donors (Lipinski definition) is 2. The number of aliphatic imine (C=N–C) groups is 1. The molecule has 1 saturated heterocycles. The normalized spacial score (nSPS) is 16.3. The third-order valence-electron chi connectivity index (χ3n) is 5.15. The van der Waals surface area contributed by atoms with Crippen molar-refractivity contribution in [2.24, 2.45) is 4.99 Å². The maximum Gasteiger partial charge on any atom is 0.253 e. The van der Waals surface area contributed by atoms with Crippen molar-refractivity contribution >= 4 is 21.9 Å². The Morgan fingerprint density at radius 1 is 1.23 bits per heavy atom. The Balaban J connectivity index is 1.91. The summed E-state index contributed by atoms with van der Waals surface area (Å²) in [5.74, 6) is 0.887. The molecule has 1 fully saturated rings. The number of sulfonamides is 1. The van der Waals surface area contributed by atoms with Gasteiger partial charge in [-0.15, -0.1) is 0 Å². The molecule has 0 aliphatic carbocycles. The molecule has 2 rings (SSSR count). The molecule has 0 unspecified atom stereocenters. The molecular formula is C21H35N5O3S. The van der Waals surface area contributed by atoms with E-state index in [0.29, 0.717) is 25.2 Å². The number of piperidine rings is 1. The smallest absolute Gasteiger partial charge is 0.253 e. The topological polar surface area (TPSA) is 94.1 Å². The minimum atomic E-state index is -3.11. The fourth-order valence-electron chi connectivity index (χ4n) is 3.39. The third-order valence-corrected chi connectivity index (χ3v) is 7.03. The van der Waals surface area contributed by atoms with Gasteiger partial charge < -0.3 is 15.5 Å². The van der Waals surface area contributed by atoms with Crippen LogP contribution in [0.15, 0.2) is 29.3 Å². The fourth-order valence-corrected chi connectivity index (χ4v) is 4.52. The van der Waals surface area contributed by atoms with E-state index in [1.54, 1.807) is 30.2 Å². The Bertz CT molecular complexity index is 831. The summed E-state index contributed by atoms with van der Waals surface area (Å²) in [5, 5.41) is 6.69. The summed E-state index contributed by atoms with van der Waals surface area (Å²) in [7, 11) is 0.381. The lowest BCUT2D eigenvalue weighted by Crippen LogP contribution is -2.50. The van der Waals surface area contributed by atoms with Crippen LogP contribution in [0, 0.1) is 0 Å². The first-order chi connectivity index (χ1) is 14.3. The average molecular weight is 438 g/mol. The molecule has 168 valence electrons. The SMILES string of the molecule is CCNC(=NCCc1cccc(C(=O)N(C)C)c1)NC1CCN(S(=O)(=O)CC)CC1. The molecule has 2 N–H and O–H groups in total. The lowest BCUT2D eigenvalue weighted by atomic mass is 10.1. The third kappa shape index (κ3) is 6.98. The summed E-state index contributed by atoms with van der Waals surface area (Å²) in [6.07, 6.45) is 2.26. The van der Waals surface area contributed by atoms with Crippen LogP contribution in [0.4, 0.5) is 0 Å². The second-order valence-electron chi connectivity index (χ2n) is 7.63. The van der Waals surface area contributed by atoms with Gasteiger partial charge in [0, 0.05) is 51.9 Å². The van der Waals surface area contributed by atoms with Crippen LogP contribution in [-0.4, -0.2) is 81.6 Å². The lowest BCUT2D eigenvalue weighted by Gasteiger charge is -2.32. The minimum Gasteiger partial charge on any atom is -0.357 e. The molecule has 0 aromatic heterocycles. The van der Waals surface area contributed by atoms with Crippen LogP contribution < -0.4 is 10.6 Å². The van der Waals surface area contributed by atoms with E-state index in [2.05, 4.69) is 15.6 Å². The van der Waals surface area contributed by atoms with Crippen molar-refractivity contribution in [3.8, 4) is 0 Å². The van der Waals surface area contributed by atoms with Crippen molar-refractivity contribution in [2.75, 3.05) is 46.0 Å². The molecule has 8 nitrogen and oxygen atoms in total. The second kappa shape index (κ2) is 11.3.